The Hall–Kier alpha value is -2.58. The molecule has 26 heavy (non-hydrogen) atoms. The van der Waals surface area contributed by atoms with Gasteiger partial charge in [-0.1, -0.05) is 0 Å². The zero-order valence-electron chi connectivity index (χ0n) is 15.1. The standard InChI is InChI=1S/C18H20N4O3S/c1-10(2)22-16(24)13-6-5-11(7-14(13)17(22)25)15(23)20-18-19-12(9-26-18)8-21(3)4/h5-7,9-10H,8H2,1-4H3,(H,19,20,23). The van der Waals surface area contributed by atoms with E-state index in [0.29, 0.717) is 22.8 Å². The van der Waals surface area contributed by atoms with Crippen molar-refractivity contribution in [3.63, 3.8) is 0 Å². The molecular formula is C18H20N4O3S. The van der Waals surface area contributed by atoms with E-state index in [1.807, 2.05) is 24.4 Å². The van der Waals surface area contributed by atoms with Gasteiger partial charge in [-0.2, -0.15) is 0 Å². The average Bonchev–Trinajstić information content (AvgIpc) is 3.09. The van der Waals surface area contributed by atoms with Crippen molar-refractivity contribution >= 4 is 34.2 Å². The number of fused-ring (bicyclic) bond motifs is 1. The van der Waals surface area contributed by atoms with Crippen LogP contribution in [-0.2, 0) is 6.54 Å². The maximum atomic E-state index is 12.5. The van der Waals surface area contributed by atoms with Crippen molar-refractivity contribution < 1.29 is 14.4 Å². The third-order valence-electron chi connectivity index (χ3n) is 3.95. The smallest absolute Gasteiger partial charge is 0.261 e. The molecule has 3 amide bonds. The van der Waals surface area contributed by atoms with Crippen LogP contribution >= 0.6 is 11.3 Å². The molecule has 0 fully saturated rings. The topological polar surface area (TPSA) is 82.6 Å². The highest BCUT2D eigenvalue weighted by atomic mass is 32.1. The summed E-state index contributed by atoms with van der Waals surface area (Å²) in [4.78, 5) is 44.8. The maximum absolute atomic E-state index is 12.5. The van der Waals surface area contributed by atoms with Crippen LogP contribution in [0.25, 0.3) is 0 Å². The Bertz CT molecular complexity index is 888. The molecule has 0 saturated carbocycles. The summed E-state index contributed by atoms with van der Waals surface area (Å²) < 4.78 is 0. The largest absolute Gasteiger partial charge is 0.304 e. The number of aromatic nitrogens is 1. The predicted octanol–water partition coefficient (Wildman–Crippen LogP) is 2.46. The number of hydrogen-bond donors (Lipinski definition) is 1. The van der Waals surface area contributed by atoms with E-state index < -0.39 is 0 Å². The Balaban J connectivity index is 1.79. The van der Waals surface area contributed by atoms with E-state index in [0.717, 1.165) is 5.69 Å². The van der Waals surface area contributed by atoms with Crippen molar-refractivity contribution in [1.29, 1.82) is 0 Å². The van der Waals surface area contributed by atoms with Gasteiger partial charge in [0.15, 0.2) is 5.13 Å². The first-order valence-corrected chi connectivity index (χ1v) is 9.08. The van der Waals surface area contributed by atoms with Crippen molar-refractivity contribution in [3.8, 4) is 0 Å². The number of amides is 3. The van der Waals surface area contributed by atoms with Crippen LogP contribution in [0.5, 0.6) is 0 Å². The first-order chi connectivity index (χ1) is 12.3. The molecular weight excluding hydrogens is 352 g/mol. The molecule has 0 bridgehead atoms. The summed E-state index contributed by atoms with van der Waals surface area (Å²) in [7, 11) is 3.89. The molecule has 1 aromatic heterocycles. The second kappa shape index (κ2) is 6.97. The van der Waals surface area contributed by atoms with Gasteiger partial charge in [-0.15, -0.1) is 11.3 Å². The summed E-state index contributed by atoms with van der Waals surface area (Å²) in [6, 6.07) is 4.33. The van der Waals surface area contributed by atoms with Crippen LogP contribution in [0.2, 0.25) is 0 Å². The van der Waals surface area contributed by atoms with E-state index in [4.69, 9.17) is 0 Å². The van der Waals surface area contributed by atoms with Gasteiger partial charge in [-0.05, 0) is 46.1 Å². The SMILES string of the molecule is CC(C)N1C(=O)c2ccc(C(=O)Nc3nc(CN(C)C)cs3)cc2C1=O. The zero-order valence-corrected chi connectivity index (χ0v) is 15.9. The molecule has 2 heterocycles. The van der Waals surface area contributed by atoms with Crippen LogP contribution in [0.1, 0.15) is 50.6 Å². The summed E-state index contributed by atoms with van der Waals surface area (Å²) in [5.74, 6) is -1.04. The number of carbonyl (C=O) groups is 3. The van der Waals surface area contributed by atoms with E-state index >= 15 is 0 Å². The monoisotopic (exact) mass is 372 g/mol. The van der Waals surface area contributed by atoms with E-state index in [1.54, 1.807) is 19.9 Å². The molecule has 1 aliphatic heterocycles. The highest BCUT2D eigenvalue weighted by molar-refractivity contribution is 7.14. The molecule has 0 atom stereocenters. The minimum Gasteiger partial charge on any atom is -0.304 e. The van der Waals surface area contributed by atoms with Crippen LogP contribution in [0.15, 0.2) is 23.6 Å². The Morgan fingerprint density at radius 1 is 1.23 bits per heavy atom. The minimum atomic E-state index is -0.364. The summed E-state index contributed by atoms with van der Waals surface area (Å²) in [6.07, 6.45) is 0. The summed E-state index contributed by atoms with van der Waals surface area (Å²) in [5.41, 5.74) is 1.80. The normalized spacial score (nSPS) is 13.7. The molecule has 1 N–H and O–H groups in total. The van der Waals surface area contributed by atoms with Crippen molar-refractivity contribution in [1.82, 2.24) is 14.8 Å². The number of imide groups is 1. The predicted molar refractivity (Wildman–Crippen MR) is 99.5 cm³/mol. The van der Waals surface area contributed by atoms with E-state index in [9.17, 15) is 14.4 Å². The third kappa shape index (κ3) is 3.38. The Labute approximate surface area is 155 Å². The Morgan fingerprint density at radius 3 is 2.58 bits per heavy atom. The molecule has 0 radical (unpaired) electrons. The van der Waals surface area contributed by atoms with Crippen LogP contribution < -0.4 is 5.32 Å². The quantitative estimate of drug-likeness (QED) is 0.815. The van der Waals surface area contributed by atoms with Crippen LogP contribution in [0.4, 0.5) is 5.13 Å². The highest BCUT2D eigenvalue weighted by Crippen LogP contribution is 2.26. The fourth-order valence-corrected chi connectivity index (χ4v) is 3.50. The number of nitrogens with one attached hydrogen (secondary N) is 1. The van der Waals surface area contributed by atoms with E-state index in [-0.39, 0.29) is 29.3 Å². The molecule has 7 nitrogen and oxygen atoms in total. The first kappa shape index (κ1) is 18.2. The lowest BCUT2D eigenvalue weighted by Crippen LogP contribution is -2.35. The molecule has 136 valence electrons. The second-order valence-corrected chi connectivity index (χ2v) is 7.53. The van der Waals surface area contributed by atoms with E-state index in [1.165, 1.54) is 28.4 Å². The summed E-state index contributed by atoms with van der Waals surface area (Å²) in [6.45, 7) is 4.25. The van der Waals surface area contributed by atoms with Gasteiger partial charge in [-0.3, -0.25) is 24.6 Å². The van der Waals surface area contributed by atoms with Gasteiger partial charge in [0.25, 0.3) is 17.7 Å². The lowest BCUT2D eigenvalue weighted by Gasteiger charge is -2.17. The van der Waals surface area contributed by atoms with Crippen LogP contribution in [0.3, 0.4) is 0 Å². The van der Waals surface area contributed by atoms with Gasteiger partial charge >= 0.3 is 0 Å². The number of nitrogens with zero attached hydrogens (tertiary/aromatic N) is 3. The van der Waals surface area contributed by atoms with Gasteiger partial charge in [-0.25, -0.2) is 4.98 Å². The fourth-order valence-electron chi connectivity index (χ4n) is 2.80. The lowest BCUT2D eigenvalue weighted by molar-refractivity contribution is 0.0609. The fraction of sp³-hybridized carbons (Fsp3) is 0.333. The molecule has 0 spiro atoms. The second-order valence-electron chi connectivity index (χ2n) is 6.67. The third-order valence-corrected chi connectivity index (χ3v) is 4.75. The molecule has 0 saturated heterocycles. The number of thiazole rings is 1. The van der Waals surface area contributed by atoms with E-state index in [2.05, 4.69) is 10.3 Å². The average molecular weight is 372 g/mol. The van der Waals surface area contributed by atoms with Gasteiger partial charge in [0.1, 0.15) is 0 Å². The highest BCUT2D eigenvalue weighted by Gasteiger charge is 2.37. The van der Waals surface area contributed by atoms with Crippen LogP contribution in [0, 0.1) is 0 Å². The Kier molecular flexibility index (Phi) is 4.88. The van der Waals surface area contributed by atoms with Crippen molar-refractivity contribution in [2.24, 2.45) is 0 Å². The minimum absolute atomic E-state index is 0.231. The zero-order chi connectivity index (χ0) is 19.0. The van der Waals surface area contributed by atoms with Gasteiger partial charge in [0.2, 0.25) is 0 Å². The van der Waals surface area contributed by atoms with Crippen molar-refractivity contribution in [3.05, 3.63) is 46.0 Å². The van der Waals surface area contributed by atoms with Crippen molar-refractivity contribution in [2.75, 3.05) is 19.4 Å². The molecule has 2 aromatic rings. The first-order valence-electron chi connectivity index (χ1n) is 8.20. The van der Waals surface area contributed by atoms with Crippen LogP contribution in [-0.4, -0.2) is 52.6 Å². The molecule has 1 aliphatic rings. The lowest BCUT2D eigenvalue weighted by atomic mass is 10.1. The summed E-state index contributed by atoms with van der Waals surface area (Å²) in [5, 5.41) is 5.13. The Morgan fingerprint density at radius 2 is 1.92 bits per heavy atom. The molecule has 3 rings (SSSR count). The molecule has 0 aliphatic carbocycles. The maximum Gasteiger partial charge on any atom is 0.261 e. The number of rotatable bonds is 5. The number of benzene rings is 1. The molecule has 1 aromatic carbocycles. The number of anilines is 1. The summed E-state index contributed by atoms with van der Waals surface area (Å²) >= 11 is 1.35. The number of hydrogen-bond acceptors (Lipinski definition) is 6. The van der Waals surface area contributed by atoms with Gasteiger partial charge in [0.05, 0.1) is 16.8 Å². The number of carbonyl (C=O) groups excluding carboxylic acids is 3. The van der Waals surface area contributed by atoms with Gasteiger partial charge in [0, 0.05) is 23.5 Å². The molecule has 8 heteroatoms. The van der Waals surface area contributed by atoms with Gasteiger partial charge < -0.3 is 4.90 Å². The van der Waals surface area contributed by atoms with Crippen molar-refractivity contribution in [2.45, 2.75) is 26.4 Å². The molecule has 0 unspecified atom stereocenters.